The average molecular weight is 410 g/mol. The molecule has 0 unspecified atom stereocenters. The van der Waals surface area contributed by atoms with Gasteiger partial charge in [-0.15, -0.1) is 0 Å². The van der Waals surface area contributed by atoms with Crippen molar-refractivity contribution in [2.24, 2.45) is 0 Å². The van der Waals surface area contributed by atoms with Crippen LogP contribution in [0.15, 0.2) is 24.3 Å². The van der Waals surface area contributed by atoms with E-state index in [1.807, 2.05) is 0 Å². The molecule has 2 aliphatic rings. The molecule has 0 saturated heterocycles. The molecule has 3 heteroatoms. The summed E-state index contributed by atoms with van der Waals surface area (Å²) in [5, 5.41) is 0. The Morgan fingerprint density at radius 3 is 3.00 bits per heavy atom. The molecule has 3 rings (SSSR count). The zero-order valence-corrected chi connectivity index (χ0v) is 11.7. The van der Waals surface area contributed by atoms with E-state index in [-0.39, 0.29) is 0 Å². The standard InChI is InChI=1S/C11H8I2O/c12-6-4-8-7-2-1-3-10(7)14-11(8)9(13)5-6/h1-2,4-5,7,10H,3H2/t7-,10-/m1/s1. The minimum Gasteiger partial charge on any atom is -0.488 e. The van der Waals surface area contributed by atoms with Crippen LogP contribution >= 0.6 is 45.2 Å². The third-order valence-electron chi connectivity index (χ3n) is 2.78. The van der Waals surface area contributed by atoms with E-state index in [0.29, 0.717) is 12.0 Å². The maximum atomic E-state index is 5.94. The van der Waals surface area contributed by atoms with Crippen molar-refractivity contribution in [1.29, 1.82) is 0 Å². The van der Waals surface area contributed by atoms with Crippen LogP contribution in [0, 0.1) is 7.14 Å². The van der Waals surface area contributed by atoms with Crippen molar-refractivity contribution in [3.8, 4) is 5.75 Å². The average Bonchev–Trinajstić information content (AvgIpc) is 2.65. The predicted octanol–water partition coefficient (Wildman–Crippen LogP) is 3.70. The summed E-state index contributed by atoms with van der Waals surface area (Å²) >= 11 is 4.73. The summed E-state index contributed by atoms with van der Waals surface area (Å²) in [4.78, 5) is 0. The number of ether oxygens (including phenoxy) is 1. The van der Waals surface area contributed by atoms with Gasteiger partial charge in [-0.1, -0.05) is 12.2 Å². The molecule has 0 fully saturated rings. The van der Waals surface area contributed by atoms with Gasteiger partial charge in [-0.25, -0.2) is 0 Å². The molecule has 0 bridgehead atoms. The molecule has 0 N–H and O–H groups in total. The van der Waals surface area contributed by atoms with Crippen LogP contribution in [0.3, 0.4) is 0 Å². The van der Waals surface area contributed by atoms with Gasteiger partial charge < -0.3 is 4.74 Å². The van der Waals surface area contributed by atoms with Crippen LogP contribution in [0.2, 0.25) is 0 Å². The fourth-order valence-electron chi connectivity index (χ4n) is 2.16. The Labute approximate surface area is 110 Å². The van der Waals surface area contributed by atoms with Crippen molar-refractivity contribution in [2.45, 2.75) is 18.4 Å². The highest BCUT2D eigenvalue weighted by atomic mass is 127. The van der Waals surface area contributed by atoms with Crippen LogP contribution in [0.5, 0.6) is 5.75 Å². The van der Waals surface area contributed by atoms with Gasteiger partial charge in [0.2, 0.25) is 0 Å². The largest absolute Gasteiger partial charge is 0.488 e. The first-order valence-corrected chi connectivity index (χ1v) is 6.74. The van der Waals surface area contributed by atoms with Gasteiger partial charge in [-0.05, 0) is 57.3 Å². The Kier molecular flexibility index (Phi) is 2.27. The molecule has 14 heavy (non-hydrogen) atoms. The zero-order valence-electron chi connectivity index (χ0n) is 7.34. The lowest BCUT2D eigenvalue weighted by atomic mass is 9.99. The van der Waals surface area contributed by atoms with Gasteiger partial charge in [0.1, 0.15) is 11.9 Å². The maximum Gasteiger partial charge on any atom is 0.137 e. The second-order valence-electron chi connectivity index (χ2n) is 3.65. The van der Waals surface area contributed by atoms with E-state index in [2.05, 4.69) is 69.5 Å². The lowest BCUT2D eigenvalue weighted by Gasteiger charge is -2.07. The highest BCUT2D eigenvalue weighted by Gasteiger charge is 2.36. The Hall–Kier alpha value is 0.220. The number of halogens is 2. The first-order valence-electron chi connectivity index (χ1n) is 4.58. The SMILES string of the molecule is Ic1cc(I)c2c(c1)[C@H]1C=CC[C@H]1O2. The fourth-order valence-corrected chi connectivity index (χ4v) is 4.18. The Morgan fingerprint density at radius 1 is 1.29 bits per heavy atom. The van der Waals surface area contributed by atoms with Crippen molar-refractivity contribution < 1.29 is 4.74 Å². The van der Waals surface area contributed by atoms with Crippen molar-refractivity contribution >= 4 is 45.2 Å². The molecule has 1 aliphatic carbocycles. The number of hydrogen-bond donors (Lipinski definition) is 0. The van der Waals surface area contributed by atoms with Crippen LogP contribution in [-0.4, -0.2) is 6.10 Å². The maximum absolute atomic E-state index is 5.94. The molecule has 1 nitrogen and oxygen atoms in total. The highest BCUT2D eigenvalue weighted by molar-refractivity contribution is 14.1. The third-order valence-corrected chi connectivity index (χ3v) is 4.20. The molecule has 1 aromatic carbocycles. The second kappa shape index (κ2) is 3.37. The van der Waals surface area contributed by atoms with E-state index in [0.717, 1.165) is 12.2 Å². The van der Waals surface area contributed by atoms with Crippen LogP contribution < -0.4 is 4.74 Å². The number of hydrogen-bond acceptors (Lipinski definition) is 1. The molecule has 1 heterocycles. The summed E-state index contributed by atoms with van der Waals surface area (Å²) in [5.41, 5.74) is 1.38. The van der Waals surface area contributed by atoms with Crippen LogP contribution in [0.25, 0.3) is 0 Å². The van der Waals surface area contributed by atoms with Crippen molar-refractivity contribution in [1.82, 2.24) is 0 Å². The normalized spacial score (nSPS) is 27.3. The van der Waals surface area contributed by atoms with Crippen LogP contribution in [-0.2, 0) is 0 Å². The molecule has 1 aliphatic heterocycles. The molecule has 0 radical (unpaired) electrons. The highest BCUT2D eigenvalue weighted by Crippen LogP contribution is 2.46. The lowest BCUT2D eigenvalue weighted by molar-refractivity contribution is 0.231. The van der Waals surface area contributed by atoms with Crippen molar-refractivity contribution in [3.05, 3.63) is 37.0 Å². The summed E-state index contributed by atoms with van der Waals surface area (Å²) in [7, 11) is 0. The Bertz CT molecular complexity index is 426. The lowest BCUT2D eigenvalue weighted by Crippen LogP contribution is -2.11. The van der Waals surface area contributed by atoms with Gasteiger partial charge in [-0.2, -0.15) is 0 Å². The summed E-state index contributed by atoms with van der Waals surface area (Å²) in [6, 6.07) is 4.42. The van der Waals surface area contributed by atoms with E-state index in [1.54, 1.807) is 0 Å². The van der Waals surface area contributed by atoms with Crippen molar-refractivity contribution in [3.63, 3.8) is 0 Å². The molecule has 0 spiro atoms. The summed E-state index contributed by atoms with van der Waals surface area (Å²) in [6.45, 7) is 0. The van der Waals surface area contributed by atoms with Gasteiger partial charge >= 0.3 is 0 Å². The topological polar surface area (TPSA) is 9.23 Å². The van der Waals surface area contributed by atoms with Gasteiger partial charge in [-0.3, -0.25) is 0 Å². The molecule has 0 saturated carbocycles. The quantitative estimate of drug-likeness (QED) is 0.469. The monoisotopic (exact) mass is 410 g/mol. The smallest absolute Gasteiger partial charge is 0.137 e. The summed E-state index contributed by atoms with van der Waals surface area (Å²) in [5.74, 6) is 1.62. The Morgan fingerprint density at radius 2 is 2.14 bits per heavy atom. The minimum atomic E-state index is 0.372. The van der Waals surface area contributed by atoms with E-state index in [4.69, 9.17) is 4.74 Å². The van der Waals surface area contributed by atoms with Crippen LogP contribution in [0.4, 0.5) is 0 Å². The Balaban J connectivity index is 2.19. The fraction of sp³-hybridized carbons (Fsp3) is 0.273. The number of rotatable bonds is 0. The van der Waals surface area contributed by atoms with Gasteiger partial charge in [0.15, 0.2) is 0 Å². The first kappa shape index (κ1) is 9.45. The molecular weight excluding hydrogens is 402 g/mol. The molecule has 0 aromatic heterocycles. The van der Waals surface area contributed by atoms with Crippen LogP contribution in [0.1, 0.15) is 17.9 Å². The van der Waals surface area contributed by atoms with E-state index in [9.17, 15) is 0 Å². The second-order valence-corrected chi connectivity index (χ2v) is 6.06. The molecular formula is C11H8I2O. The summed E-state index contributed by atoms with van der Waals surface area (Å²) in [6.07, 6.45) is 5.94. The molecule has 1 aromatic rings. The van der Waals surface area contributed by atoms with Gasteiger partial charge in [0.25, 0.3) is 0 Å². The van der Waals surface area contributed by atoms with Gasteiger partial charge in [0.05, 0.1) is 3.57 Å². The summed E-state index contributed by atoms with van der Waals surface area (Å²) < 4.78 is 8.49. The number of benzene rings is 1. The third kappa shape index (κ3) is 1.31. The molecule has 0 amide bonds. The molecule has 2 atom stereocenters. The zero-order chi connectivity index (χ0) is 9.71. The number of fused-ring (bicyclic) bond motifs is 3. The first-order chi connectivity index (χ1) is 6.75. The van der Waals surface area contributed by atoms with E-state index >= 15 is 0 Å². The van der Waals surface area contributed by atoms with Gasteiger partial charge in [0, 0.05) is 21.5 Å². The molecule has 72 valence electrons. The minimum absolute atomic E-state index is 0.372. The predicted molar refractivity (Wildman–Crippen MR) is 72.8 cm³/mol. The van der Waals surface area contributed by atoms with E-state index in [1.165, 1.54) is 12.7 Å². The van der Waals surface area contributed by atoms with Crippen molar-refractivity contribution in [2.75, 3.05) is 0 Å². The van der Waals surface area contributed by atoms with E-state index < -0.39 is 0 Å².